The Labute approximate surface area is 147 Å². The second-order valence-electron chi connectivity index (χ2n) is 5.27. The fourth-order valence-electron chi connectivity index (χ4n) is 2.71. The molecule has 0 bridgehead atoms. The molecular formula is C17H15F3N2O4. The fourth-order valence-corrected chi connectivity index (χ4v) is 2.71. The Morgan fingerprint density at radius 3 is 2.54 bits per heavy atom. The summed E-state index contributed by atoms with van der Waals surface area (Å²) >= 11 is 0. The molecule has 1 aromatic carbocycles. The van der Waals surface area contributed by atoms with Crippen LogP contribution >= 0.6 is 0 Å². The lowest BCUT2D eigenvalue weighted by atomic mass is 9.80. The summed E-state index contributed by atoms with van der Waals surface area (Å²) in [5.41, 5.74) is 3.82. The molecule has 1 atom stereocenters. The van der Waals surface area contributed by atoms with Gasteiger partial charge in [0.2, 0.25) is 5.88 Å². The quantitative estimate of drug-likeness (QED) is 0.821. The molecule has 1 aliphatic rings. The van der Waals surface area contributed by atoms with Crippen molar-refractivity contribution in [2.45, 2.75) is 12.1 Å². The molecule has 2 N–H and O–H groups in total. The highest BCUT2D eigenvalue weighted by atomic mass is 19.4. The van der Waals surface area contributed by atoms with Gasteiger partial charge in [-0.05, 0) is 11.6 Å². The van der Waals surface area contributed by atoms with E-state index in [1.165, 1.54) is 25.3 Å². The summed E-state index contributed by atoms with van der Waals surface area (Å²) in [4.78, 5) is 12.3. The molecule has 1 heterocycles. The van der Waals surface area contributed by atoms with Crippen molar-refractivity contribution in [1.29, 1.82) is 5.26 Å². The number of nitriles is 1. The molecule has 2 rings (SSSR count). The predicted molar refractivity (Wildman–Crippen MR) is 83.0 cm³/mol. The number of hydrogen-bond acceptors (Lipinski definition) is 6. The average molecular weight is 368 g/mol. The third-order valence-electron chi connectivity index (χ3n) is 3.75. The van der Waals surface area contributed by atoms with Crippen LogP contribution in [0.25, 0.3) is 0 Å². The molecular weight excluding hydrogens is 353 g/mol. The maximum atomic E-state index is 13.5. The van der Waals surface area contributed by atoms with Crippen LogP contribution in [0, 0.1) is 11.3 Å². The molecule has 0 saturated carbocycles. The zero-order chi connectivity index (χ0) is 19.5. The summed E-state index contributed by atoms with van der Waals surface area (Å²) < 4.78 is 55.3. The second-order valence-corrected chi connectivity index (χ2v) is 5.27. The Kier molecular flexibility index (Phi) is 5.57. The van der Waals surface area contributed by atoms with Crippen LogP contribution in [-0.4, -0.2) is 26.8 Å². The largest absolute Gasteiger partial charge is 0.466 e. The first kappa shape index (κ1) is 19.3. The average Bonchev–Trinajstić information content (AvgIpc) is 2.60. The highest BCUT2D eigenvalue weighted by molar-refractivity contribution is 5.92. The topological polar surface area (TPSA) is 94.6 Å². The maximum absolute atomic E-state index is 13.5. The van der Waals surface area contributed by atoms with Gasteiger partial charge in [-0.1, -0.05) is 18.2 Å². The monoisotopic (exact) mass is 368 g/mol. The zero-order valence-corrected chi connectivity index (χ0v) is 13.9. The maximum Gasteiger partial charge on any atom is 0.416 e. The fraction of sp³-hybridized carbons (Fsp3) is 0.294. The first-order chi connectivity index (χ1) is 12.3. The molecule has 0 fully saturated rings. The van der Waals surface area contributed by atoms with Crippen molar-refractivity contribution >= 4 is 5.97 Å². The molecule has 1 aromatic rings. The van der Waals surface area contributed by atoms with E-state index in [1.807, 2.05) is 0 Å². The zero-order valence-electron chi connectivity index (χ0n) is 13.9. The van der Waals surface area contributed by atoms with E-state index in [-0.39, 0.29) is 29.1 Å². The van der Waals surface area contributed by atoms with E-state index in [4.69, 9.17) is 15.2 Å². The van der Waals surface area contributed by atoms with Gasteiger partial charge >= 0.3 is 12.1 Å². The van der Waals surface area contributed by atoms with Gasteiger partial charge in [-0.2, -0.15) is 18.4 Å². The molecule has 0 aliphatic carbocycles. The highest BCUT2D eigenvalue weighted by Crippen LogP contribution is 2.44. The van der Waals surface area contributed by atoms with Crippen molar-refractivity contribution in [3.05, 3.63) is 58.2 Å². The summed E-state index contributed by atoms with van der Waals surface area (Å²) in [5.74, 6) is -2.85. The predicted octanol–water partition coefficient (Wildman–Crippen LogP) is 2.59. The summed E-state index contributed by atoms with van der Waals surface area (Å²) in [6, 6.07) is 6.35. The van der Waals surface area contributed by atoms with Gasteiger partial charge in [-0.15, -0.1) is 0 Å². The molecule has 0 radical (unpaired) electrons. The first-order valence-corrected chi connectivity index (χ1v) is 7.30. The van der Waals surface area contributed by atoms with Gasteiger partial charge in [0, 0.05) is 7.11 Å². The highest BCUT2D eigenvalue weighted by Gasteiger charge is 2.42. The second kappa shape index (κ2) is 7.49. The summed E-state index contributed by atoms with van der Waals surface area (Å²) in [5, 5.41) is 9.42. The number of allylic oxidation sites excluding steroid dienone is 1. The van der Waals surface area contributed by atoms with Crippen molar-refractivity contribution in [2.75, 3.05) is 20.8 Å². The number of rotatable bonds is 4. The molecule has 0 saturated heterocycles. The normalized spacial score (nSPS) is 17.6. The molecule has 26 heavy (non-hydrogen) atoms. The Morgan fingerprint density at radius 1 is 1.35 bits per heavy atom. The summed E-state index contributed by atoms with van der Waals surface area (Å²) in [6.07, 6.45) is -4.70. The van der Waals surface area contributed by atoms with Gasteiger partial charge in [0.1, 0.15) is 24.0 Å². The number of ether oxygens (including phenoxy) is 3. The molecule has 6 nitrogen and oxygen atoms in total. The van der Waals surface area contributed by atoms with Gasteiger partial charge < -0.3 is 19.9 Å². The molecule has 138 valence electrons. The van der Waals surface area contributed by atoms with Crippen LogP contribution in [0.15, 0.2) is 47.1 Å². The van der Waals surface area contributed by atoms with E-state index in [0.29, 0.717) is 0 Å². The van der Waals surface area contributed by atoms with E-state index >= 15 is 0 Å². The minimum absolute atomic E-state index is 0.113. The molecule has 9 heteroatoms. The van der Waals surface area contributed by atoms with E-state index in [1.54, 1.807) is 6.07 Å². The molecule has 0 amide bonds. The number of methoxy groups -OCH3 is 2. The van der Waals surface area contributed by atoms with Crippen LogP contribution < -0.4 is 5.73 Å². The van der Waals surface area contributed by atoms with E-state index in [0.717, 1.165) is 13.2 Å². The van der Waals surface area contributed by atoms with Gasteiger partial charge in [0.05, 0.1) is 24.2 Å². The van der Waals surface area contributed by atoms with Crippen LogP contribution in [0.4, 0.5) is 13.2 Å². The lowest BCUT2D eigenvalue weighted by Gasteiger charge is -2.29. The lowest BCUT2D eigenvalue weighted by molar-refractivity contribution is -0.139. The Bertz CT molecular complexity index is 822. The summed E-state index contributed by atoms with van der Waals surface area (Å²) in [7, 11) is 2.38. The minimum atomic E-state index is -4.70. The minimum Gasteiger partial charge on any atom is -0.466 e. The number of carbonyl (C=O) groups is 1. The number of carbonyl (C=O) groups excluding carboxylic acids is 1. The van der Waals surface area contributed by atoms with E-state index < -0.39 is 29.5 Å². The Morgan fingerprint density at radius 2 is 2.00 bits per heavy atom. The van der Waals surface area contributed by atoms with Crippen molar-refractivity contribution in [2.24, 2.45) is 5.73 Å². The number of esters is 1. The SMILES string of the molecule is COCC1=C(C(=O)OC)[C@@H](c2ccccc2C(F)(F)F)C(C#N)=C(N)O1. The lowest BCUT2D eigenvalue weighted by Crippen LogP contribution is -2.28. The van der Waals surface area contributed by atoms with Crippen molar-refractivity contribution in [3.63, 3.8) is 0 Å². The van der Waals surface area contributed by atoms with Crippen molar-refractivity contribution in [3.8, 4) is 6.07 Å². The summed E-state index contributed by atoms with van der Waals surface area (Å²) in [6.45, 7) is -0.242. The number of benzene rings is 1. The van der Waals surface area contributed by atoms with Crippen LogP contribution in [0.1, 0.15) is 17.0 Å². The number of halogens is 3. The number of nitrogens with zero attached hydrogens (tertiary/aromatic N) is 1. The number of nitrogens with two attached hydrogens (primary N) is 1. The van der Waals surface area contributed by atoms with Gasteiger partial charge in [0.15, 0.2) is 0 Å². The van der Waals surface area contributed by atoms with Gasteiger partial charge in [0.25, 0.3) is 0 Å². The third-order valence-corrected chi connectivity index (χ3v) is 3.75. The molecule has 0 spiro atoms. The Hall–Kier alpha value is -2.99. The van der Waals surface area contributed by atoms with Crippen LogP contribution in [0.3, 0.4) is 0 Å². The van der Waals surface area contributed by atoms with Gasteiger partial charge in [-0.25, -0.2) is 4.79 Å². The molecule has 1 aliphatic heterocycles. The van der Waals surface area contributed by atoms with Crippen LogP contribution in [0.2, 0.25) is 0 Å². The molecule has 0 unspecified atom stereocenters. The van der Waals surface area contributed by atoms with Crippen molar-refractivity contribution in [1.82, 2.24) is 0 Å². The number of hydrogen-bond donors (Lipinski definition) is 1. The van der Waals surface area contributed by atoms with Crippen molar-refractivity contribution < 1.29 is 32.2 Å². The van der Waals surface area contributed by atoms with Crippen LogP contribution in [-0.2, 0) is 25.2 Å². The number of alkyl halides is 3. The first-order valence-electron chi connectivity index (χ1n) is 7.30. The van der Waals surface area contributed by atoms with E-state index in [9.17, 15) is 23.2 Å². The smallest absolute Gasteiger partial charge is 0.416 e. The standard InChI is InChI=1S/C17H15F3N2O4/c1-24-8-12-14(16(23)25-2)13(10(7-21)15(22)26-12)9-5-3-4-6-11(9)17(18,19)20/h3-6,13H,8,22H2,1-2H3/t13-/m0/s1. The van der Waals surface area contributed by atoms with E-state index in [2.05, 4.69) is 4.74 Å². The Balaban J connectivity index is 2.81. The van der Waals surface area contributed by atoms with Crippen LogP contribution in [0.5, 0.6) is 0 Å². The third kappa shape index (κ3) is 3.50. The van der Waals surface area contributed by atoms with Gasteiger partial charge in [-0.3, -0.25) is 0 Å². The molecule has 0 aromatic heterocycles.